The molecule has 1 saturated heterocycles. The minimum Gasteiger partial charge on any atom is -0.473 e. The maximum absolute atomic E-state index is 13.2. The number of nitrogens with one attached hydrogen (secondary N) is 1. The third kappa shape index (κ3) is 3.79. The molecule has 1 atom stereocenters. The highest BCUT2D eigenvalue weighted by molar-refractivity contribution is 7.99. The van der Waals surface area contributed by atoms with Crippen molar-refractivity contribution >= 4 is 23.4 Å². The molecule has 1 aromatic carbocycles. The Morgan fingerprint density at radius 1 is 1.30 bits per heavy atom. The average Bonchev–Trinajstić information content (AvgIpc) is 3.04. The molecule has 0 spiro atoms. The second-order valence-corrected chi connectivity index (χ2v) is 6.19. The fraction of sp³-hybridized carbons (Fsp3) is 0.250. The van der Waals surface area contributed by atoms with Crippen molar-refractivity contribution in [1.82, 2.24) is 4.98 Å². The first-order valence-corrected chi connectivity index (χ1v) is 8.25. The maximum Gasteiger partial charge on any atom is 0.261 e. The molecule has 1 aliphatic heterocycles. The van der Waals surface area contributed by atoms with Crippen LogP contribution in [0.1, 0.15) is 16.8 Å². The highest BCUT2D eigenvalue weighted by Gasteiger charge is 2.21. The van der Waals surface area contributed by atoms with E-state index in [1.165, 1.54) is 6.07 Å². The average molecular weight is 336 g/mol. The molecule has 120 valence electrons. The Kier molecular flexibility index (Phi) is 4.76. The number of hydrogen-bond donors (Lipinski definition) is 1. The summed E-state index contributed by atoms with van der Waals surface area (Å²) in [6.07, 6.45) is 2.49. The molecule has 0 saturated carbocycles. The number of carbonyl (C=O) groups is 1. The van der Waals surface area contributed by atoms with Crippen molar-refractivity contribution in [3.63, 3.8) is 0 Å². The fourth-order valence-corrected chi connectivity index (χ4v) is 3.29. The Morgan fingerprint density at radius 3 is 2.91 bits per heavy atom. The van der Waals surface area contributed by atoms with Crippen LogP contribution in [0.5, 0.6) is 5.88 Å². The van der Waals surface area contributed by atoms with Crippen LogP contribution < -0.4 is 10.1 Å². The van der Waals surface area contributed by atoms with Crippen LogP contribution in [-0.2, 0) is 0 Å². The largest absolute Gasteiger partial charge is 0.473 e. The fourth-order valence-electron chi connectivity index (χ4n) is 2.19. The van der Waals surface area contributed by atoms with Gasteiger partial charge in [0.2, 0.25) is 5.88 Å². The quantitative estimate of drug-likeness (QED) is 0.928. The summed E-state index contributed by atoms with van der Waals surface area (Å²) in [6, 6.07) is 6.38. The Labute approximate surface area is 136 Å². The number of hydrogen-bond acceptors (Lipinski definition) is 4. The van der Waals surface area contributed by atoms with E-state index in [9.17, 15) is 13.6 Å². The lowest BCUT2D eigenvalue weighted by molar-refractivity contribution is 0.101. The van der Waals surface area contributed by atoms with E-state index in [1.807, 2.05) is 0 Å². The Hall–Kier alpha value is -2.15. The SMILES string of the molecule is O=C(Nc1ccc(F)c(F)c1)c1cccnc1O[C@@H]1CCSC1. The zero-order valence-corrected chi connectivity index (χ0v) is 12.9. The van der Waals surface area contributed by atoms with Gasteiger partial charge in [-0.1, -0.05) is 0 Å². The minimum absolute atomic E-state index is 0.0321. The van der Waals surface area contributed by atoms with Gasteiger partial charge in [0.05, 0.1) is 0 Å². The van der Waals surface area contributed by atoms with Crippen LogP contribution in [0.2, 0.25) is 0 Å². The number of rotatable bonds is 4. The van der Waals surface area contributed by atoms with Crippen molar-refractivity contribution in [3.05, 3.63) is 53.7 Å². The Morgan fingerprint density at radius 2 is 2.17 bits per heavy atom. The molecule has 1 aliphatic rings. The topological polar surface area (TPSA) is 51.2 Å². The molecule has 1 aromatic heterocycles. The van der Waals surface area contributed by atoms with E-state index in [2.05, 4.69) is 10.3 Å². The summed E-state index contributed by atoms with van der Waals surface area (Å²) < 4.78 is 31.9. The monoisotopic (exact) mass is 336 g/mol. The van der Waals surface area contributed by atoms with Gasteiger partial charge < -0.3 is 10.1 Å². The van der Waals surface area contributed by atoms with Crippen molar-refractivity contribution in [1.29, 1.82) is 0 Å². The number of aromatic nitrogens is 1. The van der Waals surface area contributed by atoms with E-state index in [4.69, 9.17) is 4.74 Å². The summed E-state index contributed by atoms with van der Waals surface area (Å²) in [5.74, 6) is -0.334. The zero-order chi connectivity index (χ0) is 16.2. The standard InChI is InChI=1S/C16H14F2N2O2S/c17-13-4-3-10(8-14(13)18)20-15(21)12-2-1-6-19-16(12)22-11-5-7-23-9-11/h1-4,6,8,11H,5,7,9H2,(H,20,21)/t11-/m1/s1. The first-order chi connectivity index (χ1) is 11.1. The van der Waals surface area contributed by atoms with Gasteiger partial charge in [-0.2, -0.15) is 11.8 Å². The third-order valence-corrected chi connectivity index (χ3v) is 4.49. The number of anilines is 1. The second kappa shape index (κ2) is 6.95. The summed E-state index contributed by atoms with van der Waals surface area (Å²) in [4.78, 5) is 16.5. The lowest BCUT2D eigenvalue weighted by Crippen LogP contribution is -2.20. The summed E-state index contributed by atoms with van der Waals surface area (Å²) in [5.41, 5.74) is 0.425. The number of amides is 1. The van der Waals surface area contributed by atoms with E-state index in [-0.39, 0.29) is 23.2 Å². The van der Waals surface area contributed by atoms with E-state index < -0.39 is 17.5 Å². The number of carbonyl (C=O) groups excluding carboxylic acids is 1. The van der Waals surface area contributed by atoms with E-state index in [1.54, 1.807) is 30.1 Å². The smallest absolute Gasteiger partial charge is 0.261 e. The van der Waals surface area contributed by atoms with Gasteiger partial charge >= 0.3 is 0 Å². The van der Waals surface area contributed by atoms with Gasteiger partial charge in [0.25, 0.3) is 5.91 Å². The minimum atomic E-state index is -1.02. The molecule has 3 rings (SSSR count). The number of benzene rings is 1. The van der Waals surface area contributed by atoms with E-state index >= 15 is 0 Å². The summed E-state index contributed by atoms with van der Waals surface area (Å²) in [5, 5.41) is 2.52. The van der Waals surface area contributed by atoms with E-state index in [0.717, 1.165) is 30.1 Å². The number of halogens is 2. The number of pyridine rings is 1. The van der Waals surface area contributed by atoms with Crippen LogP contribution >= 0.6 is 11.8 Å². The normalized spacial score (nSPS) is 17.0. The van der Waals surface area contributed by atoms with Crippen molar-refractivity contribution in [2.24, 2.45) is 0 Å². The molecule has 1 amide bonds. The first-order valence-electron chi connectivity index (χ1n) is 7.09. The van der Waals surface area contributed by atoms with Crippen LogP contribution in [0.25, 0.3) is 0 Å². The molecule has 4 nitrogen and oxygen atoms in total. The second-order valence-electron chi connectivity index (χ2n) is 5.04. The number of thioether (sulfide) groups is 1. The summed E-state index contributed by atoms with van der Waals surface area (Å²) in [7, 11) is 0. The maximum atomic E-state index is 13.2. The summed E-state index contributed by atoms with van der Waals surface area (Å²) in [6.45, 7) is 0. The Balaban J connectivity index is 1.77. The molecule has 0 radical (unpaired) electrons. The van der Waals surface area contributed by atoms with Crippen molar-refractivity contribution in [2.45, 2.75) is 12.5 Å². The molecular weight excluding hydrogens is 322 g/mol. The predicted molar refractivity (Wildman–Crippen MR) is 84.9 cm³/mol. The molecule has 0 aliphatic carbocycles. The van der Waals surface area contributed by atoms with Gasteiger partial charge in [0.1, 0.15) is 11.7 Å². The lowest BCUT2D eigenvalue weighted by atomic mass is 10.2. The van der Waals surface area contributed by atoms with Crippen molar-refractivity contribution in [3.8, 4) is 5.88 Å². The van der Waals surface area contributed by atoms with Crippen LogP contribution in [0.3, 0.4) is 0 Å². The number of ether oxygens (including phenoxy) is 1. The molecule has 0 bridgehead atoms. The highest BCUT2D eigenvalue weighted by atomic mass is 32.2. The van der Waals surface area contributed by atoms with Gasteiger partial charge in [0.15, 0.2) is 11.6 Å². The van der Waals surface area contributed by atoms with Gasteiger partial charge in [-0.3, -0.25) is 4.79 Å². The number of nitrogens with zero attached hydrogens (tertiary/aromatic N) is 1. The Bertz CT molecular complexity index is 721. The van der Waals surface area contributed by atoms with Crippen molar-refractivity contribution < 1.29 is 18.3 Å². The molecule has 7 heteroatoms. The summed E-state index contributed by atoms with van der Waals surface area (Å²) >= 11 is 1.79. The van der Waals surface area contributed by atoms with Crippen LogP contribution in [0, 0.1) is 11.6 Å². The molecule has 1 fully saturated rings. The van der Waals surface area contributed by atoms with Gasteiger partial charge in [0, 0.05) is 23.7 Å². The molecule has 23 heavy (non-hydrogen) atoms. The van der Waals surface area contributed by atoms with Crippen LogP contribution in [-0.4, -0.2) is 28.5 Å². The highest BCUT2D eigenvalue weighted by Crippen LogP contribution is 2.25. The first kappa shape index (κ1) is 15.7. The van der Waals surface area contributed by atoms with Crippen molar-refractivity contribution in [2.75, 3.05) is 16.8 Å². The van der Waals surface area contributed by atoms with Gasteiger partial charge in [-0.25, -0.2) is 13.8 Å². The predicted octanol–water partition coefficient (Wildman–Crippen LogP) is 3.50. The van der Waals surface area contributed by atoms with Crippen LogP contribution in [0.15, 0.2) is 36.5 Å². The molecule has 0 unspecified atom stereocenters. The molecule has 1 N–H and O–H groups in total. The lowest BCUT2D eigenvalue weighted by Gasteiger charge is -2.14. The van der Waals surface area contributed by atoms with Gasteiger partial charge in [-0.15, -0.1) is 0 Å². The third-order valence-electron chi connectivity index (χ3n) is 3.36. The molecular formula is C16H14F2N2O2S. The molecule has 2 aromatic rings. The van der Waals surface area contributed by atoms with Gasteiger partial charge in [-0.05, 0) is 36.4 Å². The van der Waals surface area contributed by atoms with E-state index in [0.29, 0.717) is 0 Å². The van der Waals surface area contributed by atoms with Crippen LogP contribution in [0.4, 0.5) is 14.5 Å². The molecule has 2 heterocycles. The zero-order valence-electron chi connectivity index (χ0n) is 12.1.